The fourth-order valence-electron chi connectivity index (χ4n) is 1.94. The first kappa shape index (κ1) is 13.1. The summed E-state index contributed by atoms with van der Waals surface area (Å²) in [7, 11) is 0. The highest BCUT2D eigenvalue weighted by molar-refractivity contribution is 5.77. The van der Waals surface area contributed by atoms with E-state index < -0.39 is 0 Å². The molecule has 0 aliphatic carbocycles. The second-order valence-electron chi connectivity index (χ2n) is 4.54. The molecule has 0 atom stereocenters. The molecule has 0 saturated heterocycles. The highest BCUT2D eigenvalue weighted by Gasteiger charge is 2.04. The predicted octanol–water partition coefficient (Wildman–Crippen LogP) is 2.98. The third-order valence-electron chi connectivity index (χ3n) is 2.71. The maximum atomic E-state index is 5.71. The van der Waals surface area contributed by atoms with Gasteiger partial charge in [0.1, 0.15) is 5.84 Å². The van der Waals surface area contributed by atoms with Crippen LogP contribution in [0.3, 0.4) is 0 Å². The summed E-state index contributed by atoms with van der Waals surface area (Å²) >= 11 is 0. The van der Waals surface area contributed by atoms with Crippen LogP contribution in [0.25, 0.3) is 0 Å². The van der Waals surface area contributed by atoms with Crippen LogP contribution in [-0.4, -0.2) is 10.8 Å². The molecule has 98 valence electrons. The number of hydrazone groups is 1. The van der Waals surface area contributed by atoms with E-state index in [1.807, 2.05) is 48.3 Å². The summed E-state index contributed by atoms with van der Waals surface area (Å²) in [6.07, 6.45) is 0. The number of nitrogens with zero attached hydrogens (tertiary/aromatic N) is 2. The van der Waals surface area contributed by atoms with Gasteiger partial charge >= 0.3 is 0 Å². The van der Waals surface area contributed by atoms with E-state index >= 15 is 0 Å². The summed E-state index contributed by atoms with van der Waals surface area (Å²) in [6.45, 7) is 3.32. The standard InChI is InChI=1S/C16H19N3/c1-14(17)18-19(12-15-8-4-2-5-9-15)13-16-10-6-3-7-11-16/h2-11H,12-13H2,1H3,(H2,17,18). The Balaban J connectivity index is 2.11. The number of hydrogen-bond acceptors (Lipinski definition) is 2. The van der Waals surface area contributed by atoms with E-state index in [1.54, 1.807) is 0 Å². The van der Waals surface area contributed by atoms with Crippen LogP contribution < -0.4 is 5.73 Å². The molecule has 3 nitrogen and oxygen atoms in total. The monoisotopic (exact) mass is 253 g/mol. The second kappa shape index (κ2) is 6.59. The molecule has 0 fully saturated rings. The van der Waals surface area contributed by atoms with E-state index in [0.29, 0.717) is 5.84 Å². The van der Waals surface area contributed by atoms with E-state index in [-0.39, 0.29) is 0 Å². The zero-order valence-electron chi connectivity index (χ0n) is 11.2. The Morgan fingerprint density at radius 3 is 1.68 bits per heavy atom. The summed E-state index contributed by atoms with van der Waals surface area (Å²) in [5.74, 6) is 0.576. The van der Waals surface area contributed by atoms with E-state index in [2.05, 4.69) is 29.4 Å². The lowest BCUT2D eigenvalue weighted by Crippen LogP contribution is -2.21. The molecule has 0 aliphatic heterocycles. The number of rotatable bonds is 5. The minimum absolute atomic E-state index is 0.576. The van der Waals surface area contributed by atoms with E-state index in [4.69, 9.17) is 5.73 Å². The van der Waals surface area contributed by atoms with Crippen LogP contribution in [0.2, 0.25) is 0 Å². The minimum Gasteiger partial charge on any atom is -0.386 e. The highest BCUT2D eigenvalue weighted by atomic mass is 15.5. The molecular formula is C16H19N3. The van der Waals surface area contributed by atoms with Gasteiger partial charge in [-0.1, -0.05) is 60.7 Å². The second-order valence-corrected chi connectivity index (χ2v) is 4.54. The smallest absolute Gasteiger partial charge is 0.116 e. The topological polar surface area (TPSA) is 41.6 Å². The van der Waals surface area contributed by atoms with Crippen LogP contribution in [0.5, 0.6) is 0 Å². The van der Waals surface area contributed by atoms with Crippen molar-refractivity contribution in [2.45, 2.75) is 20.0 Å². The van der Waals surface area contributed by atoms with Gasteiger partial charge in [0.15, 0.2) is 0 Å². The Bertz CT molecular complexity index is 475. The van der Waals surface area contributed by atoms with Gasteiger partial charge in [-0.3, -0.25) is 5.01 Å². The zero-order valence-corrected chi connectivity index (χ0v) is 11.2. The maximum Gasteiger partial charge on any atom is 0.116 e. The first-order valence-electron chi connectivity index (χ1n) is 6.37. The van der Waals surface area contributed by atoms with Gasteiger partial charge in [-0.15, -0.1) is 0 Å². The highest BCUT2D eigenvalue weighted by Crippen LogP contribution is 2.10. The average molecular weight is 253 g/mol. The molecule has 3 heteroatoms. The normalized spacial score (nSPS) is 11.3. The number of nitrogens with two attached hydrogens (primary N) is 1. The summed E-state index contributed by atoms with van der Waals surface area (Å²) in [6, 6.07) is 20.6. The third-order valence-corrected chi connectivity index (χ3v) is 2.71. The predicted molar refractivity (Wildman–Crippen MR) is 79.4 cm³/mol. The van der Waals surface area contributed by atoms with Crippen molar-refractivity contribution in [3.05, 3.63) is 71.8 Å². The molecular weight excluding hydrogens is 234 g/mol. The van der Waals surface area contributed by atoms with Gasteiger partial charge in [0, 0.05) is 0 Å². The molecule has 0 spiro atoms. The average Bonchev–Trinajstić information content (AvgIpc) is 2.40. The van der Waals surface area contributed by atoms with Crippen LogP contribution >= 0.6 is 0 Å². The molecule has 2 N–H and O–H groups in total. The summed E-state index contributed by atoms with van der Waals surface area (Å²) in [5, 5.41) is 6.38. The van der Waals surface area contributed by atoms with Crippen LogP contribution in [0.1, 0.15) is 18.1 Å². The lowest BCUT2D eigenvalue weighted by Gasteiger charge is -2.19. The van der Waals surface area contributed by atoms with Crippen molar-refractivity contribution in [3.63, 3.8) is 0 Å². The van der Waals surface area contributed by atoms with Crippen LogP contribution in [-0.2, 0) is 13.1 Å². The van der Waals surface area contributed by atoms with Crippen molar-refractivity contribution in [3.8, 4) is 0 Å². The van der Waals surface area contributed by atoms with E-state index in [0.717, 1.165) is 13.1 Å². The van der Waals surface area contributed by atoms with Crippen LogP contribution in [0.4, 0.5) is 0 Å². The fraction of sp³-hybridized carbons (Fsp3) is 0.188. The Labute approximate surface area is 114 Å². The molecule has 0 saturated carbocycles. The molecule has 0 heterocycles. The first-order valence-corrected chi connectivity index (χ1v) is 6.37. The van der Waals surface area contributed by atoms with Gasteiger partial charge in [0.25, 0.3) is 0 Å². The Hall–Kier alpha value is -2.29. The Kier molecular flexibility index (Phi) is 4.56. The van der Waals surface area contributed by atoms with Crippen molar-refractivity contribution in [1.82, 2.24) is 5.01 Å². The Morgan fingerprint density at radius 2 is 1.32 bits per heavy atom. The molecule has 2 rings (SSSR count). The molecule has 0 bridgehead atoms. The largest absolute Gasteiger partial charge is 0.386 e. The number of amidine groups is 1. The van der Waals surface area contributed by atoms with Crippen molar-refractivity contribution in [2.75, 3.05) is 0 Å². The van der Waals surface area contributed by atoms with Crippen LogP contribution in [0.15, 0.2) is 65.8 Å². The van der Waals surface area contributed by atoms with Gasteiger partial charge in [-0.25, -0.2) is 0 Å². The molecule has 0 radical (unpaired) electrons. The molecule has 0 aliphatic rings. The van der Waals surface area contributed by atoms with E-state index in [9.17, 15) is 0 Å². The van der Waals surface area contributed by atoms with Gasteiger partial charge in [-0.2, -0.15) is 5.10 Å². The van der Waals surface area contributed by atoms with Gasteiger partial charge in [0.05, 0.1) is 13.1 Å². The van der Waals surface area contributed by atoms with Crippen molar-refractivity contribution < 1.29 is 0 Å². The van der Waals surface area contributed by atoms with Gasteiger partial charge < -0.3 is 5.73 Å². The molecule has 19 heavy (non-hydrogen) atoms. The zero-order chi connectivity index (χ0) is 13.5. The lowest BCUT2D eigenvalue weighted by molar-refractivity contribution is 0.270. The van der Waals surface area contributed by atoms with Gasteiger partial charge in [0.2, 0.25) is 0 Å². The quantitative estimate of drug-likeness (QED) is 0.505. The SMILES string of the molecule is CC(N)=NN(Cc1ccccc1)Cc1ccccc1. The van der Waals surface area contributed by atoms with Gasteiger partial charge in [-0.05, 0) is 18.1 Å². The maximum absolute atomic E-state index is 5.71. The van der Waals surface area contributed by atoms with Crippen molar-refractivity contribution >= 4 is 5.84 Å². The molecule has 0 unspecified atom stereocenters. The summed E-state index contributed by atoms with van der Waals surface area (Å²) in [4.78, 5) is 0. The third kappa shape index (κ3) is 4.47. The number of benzene rings is 2. The van der Waals surface area contributed by atoms with Crippen LogP contribution in [0, 0.1) is 0 Å². The van der Waals surface area contributed by atoms with Crippen molar-refractivity contribution in [2.24, 2.45) is 10.8 Å². The fourth-order valence-corrected chi connectivity index (χ4v) is 1.94. The molecule has 2 aromatic rings. The number of hydrogen-bond donors (Lipinski definition) is 1. The van der Waals surface area contributed by atoms with Crippen molar-refractivity contribution in [1.29, 1.82) is 0 Å². The molecule has 0 aromatic heterocycles. The Morgan fingerprint density at radius 1 is 0.895 bits per heavy atom. The summed E-state index contributed by atoms with van der Waals surface area (Å²) in [5.41, 5.74) is 8.16. The molecule has 2 aromatic carbocycles. The van der Waals surface area contributed by atoms with E-state index in [1.165, 1.54) is 11.1 Å². The summed E-state index contributed by atoms with van der Waals surface area (Å²) < 4.78 is 0. The first-order chi connectivity index (χ1) is 9.24. The minimum atomic E-state index is 0.576. The lowest BCUT2D eigenvalue weighted by atomic mass is 10.2. The molecule has 0 amide bonds.